The predicted molar refractivity (Wildman–Crippen MR) is 62.9 cm³/mol. The van der Waals surface area contributed by atoms with Crippen molar-refractivity contribution in [2.75, 3.05) is 7.11 Å². The Morgan fingerprint density at radius 2 is 1.93 bits per heavy atom. The monoisotopic (exact) mass is 193 g/mol. The van der Waals surface area contributed by atoms with Crippen molar-refractivity contribution in [3.8, 4) is 5.75 Å². The van der Waals surface area contributed by atoms with Crippen LogP contribution in [0.1, 0.15) is 26.3 Å². The lowest BCUT2D eigenvalue weighted by molar-refractivity contribution is 0.416. The topological polar surface area (TPSA) is 21.6 Å². The molecule has 0 saturated heterocycles. The molecule has 0 unspecified atom stereocenters. The number of ether oxygens (including phenoxy) is 1. The standard InChI is InChI=1S/C10H13NO.C2H6/c1-4-11-9-7-8(2)5-6-10(9)12-3;1-2/h4-7H,1-3H3;1-2H3. The van der Waals surface area contributed by atoms with E-state index in [-0.39, 0.29) is 0 Å². The Morgan fingerprint density at radius 1 is 1.29 bits per heavy atom. The van der Waals surface area contributed by atoms with Gasteiger partial charge in [-0.05, 0) is 31.5 Å². The minimum atomic E-state index is 0.818. The van der Waals surface area contributed by atoms with Gasteiger partial charge >= 0.3 is 0 Å². The van der Waals surface area contributed by atoms with E-state index in [0.717, 1.165) is 11.4 Å². The van der Waals surface area contributed by atoms with Gasteiger partial charge in [0, 0.05) is 6.21 Å². The zero-order chi connectivity index (χ0) is 11.0. The Balaban J connectivity index is 0.000000791. The summed E-state index contributed by atoms with van der Waals surface area (Å²) < 4.78 is 5.14. The zero-order valence-electron chi connectivity index (χ0n) is 9.66. The highest BCUT2D eigenvalue weighted by molar-refractivity contribution is 5.65. The van der Waals surface area contributed by atoms with E-state index >= 15 is 0 Å². The number of nitrogens with zero attached hydrogens (tertiary/aromatic N) is 1. The summed E-state index contributed by atoms with van der Waals surface area (Å²) in [6, 6.07) is 5.93. The summed E-state index contributed by atoms with van der Waals surface area (Å²) >= 11 is 0. The molecule has 0 fully saturated rings. The minimum absolute atomic E-state index is 0.818. The molecule has 2 nitrogen and oxygen atoms in total. The maximum atomic E-state index is 5.14. The molecule has 1 aromatic carbocycles. The molecule has 0 bridgehead atoms. The SMILES string of the molecule is CC.CC=Nc1cc(C)ccc1OC. The normalized spacial score (nSPS) is 9.50. The molecule has 0 N–H and O–H groups in total. The van der Waals surface area contributed by atoms with Gasteiger partial charge in [-0.1, -0.05) is 19.9 Å². The van der Waals surface area contributed by atoms with E-state index in [2.05, 4.69) is 4.99 Å². The molecule has 1 rings (SSSR count). The van der Waals surface area contributed by atoms with Crippen LogP contribution in [0, 0.1) is 6.92 Å². The van der Waals surface area contributed by atoms with Gasteiger partial charge < -0.3 is 4.74 Å². The van der Waals surface area contributed by atoms with Crippen LogP contribution >= 0.6 is 0 Å². The highest BCUT2D eigenvalue weighted by atomic mass is 16.5. The van der Waals surface area contributed by atoms with Crippen LogP contribution in [0.2, 0.25) is 0 Å². The molecular weight excluding hydrogens is 174 g/mol. The van der Waals surface area contributed by atoms with Gasteiger partial charge in [0.25, 0.3) is 0 Å². The molecule has 0 heterocycles. The number of hydrogen-bond acceptors (Lipinski definition) is 2. The lowest BCUT2D eigenvalue weighted by Gasteiger charge is -2.03. The first kappa shape index (κ1) is 12.7. The van der Waals surface area contributed by atoms with E-state index < -0.39 is 0 Å². The van der Waals surface area contributed by atoms with Gasteiger partial charge in [-0.2, -0.15) is 0 Å². The Kier molecular flexibility index (Phi) is 6.46. The van der Waals surface area contributed by atoms with Crippen LogP contribution in [0.3, 0.4) is 0 Å². The van der Waals surface area contributed by atoms with E-state index in [1.807, 2.05) is 45.9 Å². The molecule has 0 aliphatic carbocycles. The van der Waals surface area contributed by atoms with Crippen LogP contribution in [-0.4, -0.2) is 13.3 Å². The molecule has 0 saturated carbocycles. The molecule has 2 heteroatoms. The van der Waals surface area contributed by atoms with Crippen LogP contribution < -0.4 is 4.74 Å². The van der Waals surface area contributed by atoms with Gasteiger partial charge in [0.2, 0.25) is 0 Å². The number of benzene rings is 1. The molecular formula is C12H19NO. The largest absolute Gasteiger partial charge is 0.494 e. The number of aryl methyl sites for hydroxylation is 1. The number of hydrogen-bond donors (Lipinski definition) is 0. The van der Waals surface area contributed by atoms with Crippen LogP contribution in [0.5, 0.6) is 5.75 Å². The summed E-state index contributed by atoms with van der Waals surface area (Å²) in [5, 5.41) is 0. The lowest BCUT2D eigenvalue weighted by Crippen LogP contribution is -1.83. The first-order chi connectivity index (χ1) is 6.77. The summed E-state index contributed by atoms with van der Waals surface area (Å²) in [5.74, 6) is 0.818. The lowest BCUT2D eigenvalue weighted by atomic mass is 10.2. The van der Waals surface area contributed by atoms with Gasteiger partial charge in [0.15, 0.2) is 0 Å². The van der Waals surface area contributed by atoms with Gasteiger partial charge in [0.05, 0.1) is 7.11 Å². The van der Waals surface area contributed by atoms with Gasteiger partial charge in [-0.15, -0.1) is 0 Å². The Bertz CT molecular complexity index is 292. The first-order valence-electron chi connectivity index (χ1n) is 4.91. The van der Waals surface area contributed by atoms with Crippen LogP contribution in [0.25, 0.3) is 0 Å². The average Bonchev–Trinajstić information content (AvgIpc) is 2.22. The molecule has 0 aromatic heterocycles. The van der Waals surface area contributed by atoms with Gasteiger partial charge in [-0.25, -0.2) is 0 Å². The van der Waals surface area contributed by atoms with Crippen molar-refractivity contribution in [3.63, 3.8) is 0 Å². The quantitative estimate of drug-likeness (QED) is 0.655. The minimum Gasteiger partial charge on any atom is -0.494 e. The Labute approximate surface area is 86.6 Å². The summed E-state index contributed by atoms with van der Waals surface area (Å²) in [5.41, 5.74) is 2.08. The van der Waals surface area contributed by atoms with E-state index in [0.29, 0.717) is 0 Å². The van der Waals surface area contributed by atoms with Crippen molar-refractivity contribution < 1.29 is 4.74 Å². The summed E-state index contributed by atoms with van der Waals surface area (Å²) in [7, 11) is 1.65. The van der Waals surface area contributed by atoms with Crippen molar-refractivity contribution in [2.24, 2.45) is 4.99 Å². The van der Waals surface area contributed by atoms with Crippen LogP contribution in [0.4, 0.5) is 5.69 Å². The summed E-state index contributed by atoms with van der Waals surface area (Å²) in [6.45, 7) is 7.93. The third-order valence-electron chi connectivity index (χ3n) is 1.60. The van der Waals surface area contributed by atoms with E-state index in [1.54, 1.807) is 13.3 Å². The van der Waals surface area contributed by atoms with Crippen LogP contribution in [0.15, 0.2) is 23.2 Å². The third kappa shape index (κ3) is 3.60. The Morgan fingerprint density at radius 3 is 2.43 bits per heavy atom. The molecule has 14 heavy (non-hydrogen) atoms. The number of rotatable bonds is 2. The molecule has 1 aromatic rings. The second kappa shape index (κ2) is 7.13. The van der Waals surface area contributed by atoms with Crippen molar-refractivity contribution in [1.82, 2.24) is 0 Å². The predicted octanol–water partition coefficient (Wildman–Crippen LogP) is 3.75. The Hall–Kier alpha value is -1.31. The molecule has 0 radical (unpaired) electrons. The van der Waals surface area contributed by atoms with E-state index in [1.165, 1.54) is 5.56 Å². The van der Waals surface area contributed by atoms with Gasteiger partial charge in [0.1, 0.15) is 11.4 Å². The van der Waals surface area contributed by atoms with Crippen LogP contribution in [-0.2, 0) is 0 Å². The smallest absolute Gasteiger partial charge is 0.144 e. The maximum Gasteiger partial charge on any atom is 0.144 e. The molecule has 0 spiro atoms. The molecule has 0 amide bonds. The van der Waals surface area contributed by atoms with E-state index in [9.17, 15) is 0 Å². The summed E-state index contributed by atoms with van der Waals surface area (Å²) in [6.07, 6.45) is 1.76. The van der Waals surface area contributed by atoms with Crippen molar-refractivity contribution in [1.29, 1.82) is 0 Å². The second-order valence-corrected chi connectivity index (χ2v) is 2.56. The van der Waals surface area contributed by atoms with E-state index in [4.69, 9.17) is 4.74 Å². The summed E-state index contributed by atoms with van der Waals surface area (Å²) in [4.78, 5) is 4.19. The third-order valence-corrected chi connectivity index (χ3v) is 1.60. The molecule has 0 atom stereocenters. The fourth-order valence-corrected chi connectivity index (χ4v) is 1.04. The zero-order valence-corrected chi connectivity index (χ0v) is 9.66. The van der Waals surface area contributed by atoms with Crippen molar-refractivity contribution in [2.45, 2.75) is 27.7 Å². The average molecular weight is 193 g/mol. The highest BCUT2D eigenvalue weighted by Gasteiger charge is 1.98. The molecule has 0 aliphatic rings. The molecule has 0 aliphatic heterocycles. The van der Waals surface area contributed by atoms with Crippen molar-refractivity contribution >= 4 is 11.9 Å². The van der Waals surface area contributed by atoms with Crippen molar-refractivity contribution in [3.05, 3.63) is 23.8 Å². The maximum absolute atomic E-state index is 5.14. The number of methoxy groups -OCH3 is 1. The first-order valence-corrected chi connectivity index (χ1v) is 4.91. The fraction of sp³-hybridized carbons (Fsp3) is 0.417. The molecule has 78 valence electrons. The highest BCUT2D eigenvalue weighted by Crippen LogP contribution is 2.27. The number of aliphatic imine (C=N–C) groups is 1. The van der Waals surface area contributed by atoms with Gasteiger partial charge in [-0.3, -0.25) is 4.99 Å². The fourth-order valence-electron chi connectivity index (χ4n) is 1.04. The second-order valence-electron chi connectivity index (χ2n) is 2.56.